The molecule has 3 rings (SSSR count). The van der Waals surface area contributed by atoms with Gasteiger partial charge in [-0.3, -0.25) is 4.57 Å². The van der Waals surface area contributed by atoms with Gasteiger partial charge in [0.25, 0.3) is 0 Å². The molecule has 0 spiro atoms. The highest BCUT2D eigenvalue weighted by Gasteiger charge is 2.16. The SMILES string of the molecule is CC(C)Cc1cccc(CC(C)C)c1-n1ccnc1-c1ccccc1. The second-order valence-electron chi connectivity index (χ2n) is 7.61. The first kappa shape index (κ1) is 17.5. The third-order valence-electron chi connectivity index (χ3n) is 4.37. The van der Waals surface area contributed by atoms with Gasteiger partial charge in [0.15, 0.2) is 0 Å². The number of imidazole rings is 1. The summed E-state index contributed by atoms with van der Waals surface area (Å²) in [6, 6.07) is 17.2. The van der Waals surface area contributed by atoms with Crippen LogP contribution in [0.2, 0.25) is 0 Å². The fourth-order valence-electron chi connectivity index (χ4n) is 3.45. The summed E-state index contributed by atoms with van der Waals surface area (Å²) < 4.78 is 2.28. The minimum atomic E-state index is 0.622. The molecule has 0 amide bonds. The van der Waals surface area contributed by atoms with E-state index in [4.69, 9.17) is 0 Å². The average Bonchev–Trinajstić information content (AvgIpc) is 3.04. The molecule has 0 fully saturated rings. The van der Waals surface area contributed by atoms with Crippen LogP contribution in [0.5, 0.6) is 0 Å². The summed E-state index contributed by atoms with van der Waals surface area (Å²) in [6.45, 7) is 9.13. The second kappa shape index (κ2) is 7.69. The number of benzene rings is 2. The molecule has 0 aliphatic heterocycles. The molecule has 0 aliphatic rings. The van der Waals surface area contributed by atoms with Crippen molar-refractivity contribution in [3.8, 4) is 17.1 Å². The molecule has 130 valence electrons. The number of nitrogens with zero attached hydrogens (tertiary/aromatic N) is 2. The van der Waals surface area contributed by atoms with Crippen LogP contribution < -0.4 is 0 Å². The van der Waals surface area contributed by atoms with E-state index in [2.05, 4.69) is 85.9 Å². The first-order valence-corrected chi connectivity index (χ1v) is 9.26. The van der Waals surface area contributed by atoms with Gasteiger partial charge < -0.3 is 0 Å². The monoisotopic (exact) mass is 332 g/mol. The van der Waals surface area contributed by atoms with Gasteiger partial charge in [-0.25, -0.2) is 4.98 Å². The lowest BCUT2D eigenvalue weighted by atomic mass is 9.94. The van der Waals surface area contributed by atoms with Crippen molar-refractivity contribution in [3.63, 3.8) is 0 Å². The molecule has 0 bridgehead atoms. The third kappa shape index (κ3) is 4.01. The quantitative estimate of drug-likeness (QED) is 0.546. The molecule has 0 N–H and O–H groups in total. The van der Waals surface area contributed by atoms with Gasteiger partial charge in [0.2, 0.25) is 0 Å². The number of para-hydroxylation sites is 1. The van der Waals surface area contributed by atoms with Crippen molar-refractivity contribution in [2.24, 2.45) is 11.8 Å². The third-order valence-corrected chi connectivity index (χ3v) is 4.37. The smallest absolute Gasteiger partial charge is 0.144 e. The van der Waals surface area contributed by atoms with Crippen LogP contribution in [0.3, 0.4) is 0 Å². The molecule has 2 heteroatoms. The van der Waals surface area contributed by atoms with E-state index >= 15 is 0 Å². The minimum Gasteiger partial charge on any atom is -0.299 e. The summed E-state index contributed by atoms with van der Waals surface area (Å²) in [7, 11) is 0. The van der Waals surface area contributed by atoms with Crippen LogP contribution >= 0.6 is 0 Å². The van der Waals surface area contributed by atoms with Gasteiger partial charge in [0.1, 0.15) is 5.82 Å². The number of hydrogen-bond acceptors (Lipinski definition) is 1. The molecule has 0 aliphatic carbocycles. The number of aromatic nitrogens is 2. The van der Waals surface area contributed by atoms with Gasteiger partial charge in [-0.2, -0.15) is 0 Å². The second-order valence-corrected chi connectivity index (χ2v) is 7.61. The molecule has 1 heterocycles. The minimum absolute atomic E-state index is 0.622. The fraction of sp³-hybridized carbons (Fsp3) is 0.348. The van der Waals surface area contributed by atoms with E-state index in [0.717, 1.165) is 24.2 Å². The zero-order valence-corrected chi connectivity index (χ0v) is 15.7. The van der Waals surface area contributed by atoms with Crippen molar-refractivity contribution in [3.05, 3.63) is 72.1 Å². The Bertz CT molecular complexity index is 785. The first-order chi connectivity index (χ1) is 12.1. The molecule has 0 saturated carbocycles. The molecule has 0 saturated heterocycles. The predicted octanol–water partition coefficient (Wildman–Crippen LogP) is 5.94. The summed E-state index contributed by atoms with van der Waals surface area (Å²) in [4.78, 5) is 4.67. The van der Waals surface area contributed by atoms with Gasteiger partial charge in [-0.1, -0.05) is 76.2 Å². The Morgan fingerprint density at radius 2 is 1.40 bits per heavy atom. The van der Waals surface area contributed by atoms with Crippen molar-refractivity contribution in [1.82, 2.24) is 9.55 Å². The van der Waals surface area contributed by atoms with Crippen LogP contribution in [0.15, 0.2) is 60.9 Å². The van der Waals surface area contributed by atoms with Crippen molar-refractivity contribution < 1.29 is 0 Å². The maximum Gasteiger partial charge on any atom is 0.144 e. The highest BCUT2D eigenvalue weighted by molar-refractivity contribution is 5.61. The van der Waals surface area contributed by atoms with Crippen molar-refractivity contribution in [1.29, 1.82) is 0 Å². The van der Waals surface area contributed by atoms with Crippen LogP contribution in [-0.4, -0.2) is 9.55 Å². The highest BCUT2D eigenvalue weighted by atomic mass is 15.1. The maximum atomic E-state index is 4.67. The molecule has 25 heavy (non-hydrogen) atoms. The lowest BCUT2D eigenvalue weighted by Gasteiger charge is -2.20. The van der Waals surface area contributed by atoms with Gasteiger partial charge in [0, 0.05) is 18.0 Å². The normalized spacial score (nSPS) is 11.4. The average molecular weight is 332 g/mol. The van der Waals surface area contributed by atoms with Crippen molar-refractivity contribution in [2.45, 2.75) is 40.5 Å². The summed E-state index contributed by atoms with van der Waals surface area (Å²) in [5.41, 5.74) is 5.29. The Hall–Kier alpha value is -2.35. The molecular weight excluding hydrogens is 304 g/mol. The summed E-state index contributed by atoms with van der Waals surface area (Å²) in [5, 5.41) is 0. The molecule has 0 unspecified atom stereocenters. The lowest BCUT2D eigenvalue weighted by Crippen LogP contribution is -2.09. The Labute approximate surface area is 151 Å². The summed E-state index contributed by atoms with van der Waals surface area (Å²) in [6.07, 6.45) is 6.17. The standard InChI is InChI=1S/C23H28N2/c1-17(2)15-20-11-8-12-21(16-18(3)4)22(20)25-14-13-24-23(25)19-9-6-5-7-10-19/h5-14,17-18H,15-16H2,1-4H3. The zero-order valence-electron chi connectivity index (χ0n) is 15.7. The summed E-state index contributed by atoms with van der Waals surface area (Å²) in [5.74, 6) is 2.26. The van der Waals surface area contributed by atoms with Gasteiger partial charge in [-0.05, 0) is 35.8 Å². The Kier molecular flexibility index (Phi) is 5.37. The predicted molar refractivity (Wildman–Crippen MR) is 106 cm³/mol. The van der Waals surface area contributed by atoms with E-state index in [1.54, 1.807) is 0 Å². The lowest BCUT2D eigenvalue weighted by molar-refractivity contribution is 0.631. The van der Waals surface area contributed by atoms with E-state index in [1.165, 1.54) is 16.8 Å². The highest BCUT2D eigenvalue weighted by Crippen LogP contribution is 2.29. The molecule has 3 aromatic rings. The van der Waals surface area contributed by atoms with Crippen LogP contribution in [-0.2, 0) is 12.8 Å². The molecule has 2 nitrogen and oxygen atoms in total. The molecule has 2 aromatic carbocycles. The summed E-state index contributed by atoms with van der Waals surface area (Å²) >= 11 is 0. The van der Waals surface area contributed by atoms with Crippen LogP contribution in [0.4, 0.5) is 0 Å². The Balaban J connectivity index is 2.17. The molecule has 0 atom stereocenters. The molecule has 0 radical (unpaired) electrons. The maximum absolute atomic E-state index is 4.67. The Morgan fingerprint density at radius 3 is 1.96 bits per heavy atom. The van der Waals surface area contributed by atoms with Gasteiger partial charge >= 0.3 is 0 Å². The molecular formula is C23H28N2. The van der Waals surface area contributed by atoms with Crippen LogP contribution in [0.25, 0.3) is 17.1 Å². The van der Waals surface area contributed by atoms with Crippen molar-refractivity contribution in [2.75, 3.05) is 0 Å². The Morgan fingerprint density at radius 1 is 0.800 bits per heavy atom. The first-order valence-electron chi connectivity index (χ1n) is 9.26. The van der Waals surface area contributed by atoms with Gasteiger partial charge in [-0.15, -0.1) is 0 Å². The van der Waals surface area contributed by atoms with E-state index in [9.17, 15) is 0 Å². The van der Waals surface area contributed by atoms with Gasteiger partial charge in [0.05, 0.1) is 5.69 Å². The van der Waals surface area contributed by atoms with Crippen molar-refractivity contribution >= 4 is 0 Å². The van der Waals surface area contributed by atoms with Crippen LogP contribution in [0, 0.1) is 11.8 Å². The van der Waals surface area contributed by atoms with Crippen LogP contribution in [0.1, 0.15) is 38.8 Å². The number of rotatable bonds is 6. The zero-order chi connectivity index (χ0) is 17.8. The molecule has 1 aromatic heterocycles. The fourth-order valence-corrected chi connectivity index (χ4v) is 3.45. The van der Waals surface area contributed by atoms with E-state index in [0.29, 0.717) is 11.8 Å². The van der Waals surface area contributed by atoms with E-state index in [-0.39, 0.29) is 0 Å². The largest absolute Gasteiger partial charge is 0.299 e. The number of hydrogen-bond donors (Lipinski definition) is 0. The van der Waals surface area contributed by atoms with E-state index in [1.807, 2.05) is 12.3 Å². The topological polar surface area (TPSA) is 17.8 Å². The van der Waals surface area contributed by atoms with E-state index < -0.39 is 0 Å².